The van der Waals surface area contributed by atoms with Gasteiger partial charge in [0.05, 0.1) is 0 Å². The first-order chi connectivity index (χ1) is 9.79. The van der Waals surface area contributed by atoms with Crippen LogP contribution in [0.3, 0.4) is 0 Å². The molecular formula is C17H20OSSe. The molecule has 20 heavy (non-hydrogen) atoms. The van der Waals surface area contributed by atoms with E-state index in [1.807, 2.05) is 6.07 Å². The van der Waals surface area contributed by atoms with Crippen molar-refractivity contribution in [1.29, 1.82) is 0 Å². The van der Waals surface area contributed by atoms with Gasteiger partial charge >= 0.3 is 132 Å². The standard InChI is InChI=1S/C17H20OSSe/c1-14(16-6-4-3-5-7-16)18-13-20-12-15-8-10-17(19-2)11-9-15/h3-11,14H,12-13H2,1-2H3. The van der Waals surface area contributed by atoms with Crippen LogP contribution in [0.5, 0.6) is 0 Å². The summed E-state index contributed by atoms with van der Waals surface area (Å²) in [6.45, 7) is 2.12. The average Bonchev–Trinajstić information content (AvgIpc) is 2.53. The first-order valence-corrected chi connectivity index (χ1v) is 10.3. The van der Waals surface area contributed by atoms with Gasteiger partial charge in [-0.05, 0) is 0 Å². The van der Waals surface area contributed by atoms with E-state index in [2.05, 4.69) is 61.7 Å². The molecule has 3 heteroatoms. The van der Waals surface area contributed by atoms with Crippen LogP contribution in [0.2, 0.25) is 0 Å². The van der Waals surface area contributed by atoms with Crippen LogP contribution in [0.15, 0.2) is 59.5 Å². The molecule has 2 rings (SSSR count). The molecule has 0 aliphatic carbocycles. The van der Waals surface area contributed by atoms with Gasteiger partial charge in [0, 0.05) is 0 Å². The van der Waals surface area contributed by atoms with Crippen LogP contribution in [-0.2, 0) is 10.1 Å². The van der Waals surface area contributed by atoms with Crippen molar-refractivity contribution in [1.82, 2.24) is 0 Å². The molecule has 106 valence electrons. The zero-order chi connectivity index (χ0) is 14.2. The van der Waals surface area contributed by atoms with Crippen molar-refractivity contribution in [2.24, 2.45) is 0 Å². The van der Waals surface area contributed by atoms with Gasteiger partial charge < -0.3 is 0 Å². The normalized spacial score (nSPS) is 12.3. The summed E-state index contributed by atoms with van der Waals surface area (Å²) in [5.41, 5.74) is 3.54. The van der Waals surface area contributed by atoms with E-state index >= 15 is 0 Å². The Morgan fingerprint density at radius 1 is 1.05 bits per heavy atom. The van der Waals surface area contributed by atoms with Gasteiger partial charge in [-0.2, -0.15) is 0 Å². The van der Waals surface area contributed by atoms with Crippen LogP contribution in [0.25, 0.3) is 0 Å². The Morgan fingerprint density at radius 3 is 2.40 bits per heavy atom. The van der Waals surface area contributed by atoms with Gasteiger partial charge in [-0.15, -0.1) is 0 Å². The predicted octanol–water partition coefficient (Wildman–Crippen LogP) is 4.35. The van der Waals surface area contributed by atoms with Gasteiger partial charge in [-0.25, -0.2) is 0 Å². The molecule has 0 saturated heterocycles. The molecule has 0 fully saturated rings. The molecule has 0 heterocycles. The summed E-state index contributed by atoms with van der Waals surface area (Å²) in [4.78, 5) is 1.33. The van der Waals surface area contributed by atoms with Crippen LogP contribution in [0, 0.1) is 0 Å². The Kier molecular flexibility index (Phi) is 6.68. The molecule has 0 N–H and O–H groups in total. The molecule has 1 unspecified atom stereocenters. The zero-order valence-electron chi connectivity index (χ0n) is 11.9. The van der Waals surface area contributed by atoms with Crippen LogP contribution in [-0.4, -0.2) is 26.7 Å². The summed E-state index contributed by atoms with van der Waals surface area (Å²) in [5.74, 6) is 0. The van der Waals surface area contributed by atoms with Crippen LogP contribution < -0.4 is 0 Å². The first-order valence-electron chi connectivity index (χ1n) is 6.67. The minimum absolute atomic E-state index is 0.192. The van der Waals surface area contributed by atoms with E-state index in [0.29, 0.717) is 15.0 Å². The molecule has 0 aliphatic rings. The number of hydrogen-bond donors (Lipinski definition) is 0. The number of ether oxygens (including phenoxy) is 1. The van der Waals surface area contributed by atoms with Crippen molar-refractivity contribution in [2.75, 3.05) is 11.8 Å². The minimum atomic E-state index is 0.192. The summed E-state index contributed by atoms with van der Waals surface area (Å²) in [7, 11) is 0. The number of thioether (sulfide) groups is 1. The van der Waals surface area contributed by atoms with Gasteiger partial charge in [-0.1, -0.05) is 0 Å². The molecule has 0 spiro atoms. The first kappa shape index (κ1) is 15.7. The third-order valence-electron chi connectivity index (χ3n) is 3.10. The van der Waals surface area contributed by atoms with E-state index in [0.717, 1.165) is 10.8 Å². The second kappa shape index (κ2) is 8.53. The fourth-order valence-corrected chi connectivity index (χ4v) is 3.96. The topological polar surface area (TPSA) is 9.23 Å². The van der Waals surface area contributed by atoms with E-state index in [9.17, 15) is 0 Å². The maximum atomic E-state index is 5.92. The molecule has 1 nitrogen and oxygen atoms in total. The average molecular weight is 351 g/mol. The molecule has 0 aromatic heterocycles. The van der Waals surface area contributed by atoms with Crippen LogP contribution in [0.1, 0.15) is 24.2 Å². The van der Waals surface area contributed by atoms with Crippen molar-refractivity contribution in [2.45, 2.75) is 23.2 Å². The molecule has 2 aromatic carbocycles. The predicted molar refractivity (Wildman–Crippen MR) is 88.5 cm³/mol. The van der Waals surface area contributed by atoms with Gasteiger partial charge in [0.15, 0.2) is 0 Å². The summed E-state index contributed by atoms with van der Waals surface area (Å²) in [6.07, 6.45) is 2.30. The monoisotopic (exact) mass is 352 g/mol. The third-order valence-corrected chi connectivity index (χ3v) is 5.60. The summed E-state index contributed by atoms with van der Waals surface area (Å²) < 4.78 is 5.92. The third kappa shape index (κ3) is 4.99. The van der Waals surface area contributed by atoms with Crippen molar-refractivity contribution in [3.05, 3.63) is 65.7 Å². The second-order valence-corrected chi connectivity index (χ2v) is 7.37. The fourth-order valence-electron chi connectivity index (χ4n) is 1.85. The fraction of sp³-hybridized carbons (Fsp3) is 0.294. The van der Waals surface area contributed by atoms with Crippen LogP contribution in [0.4, 0.5) is 0 Å². The summed E-state index contributed by atoms with van der Waals surface area (Å²) in [6, 6.07) is 19.3. The second-order valence-electron chi connectivity index (χ2n) is 4.53. The Balaban J connectivity index is 1.70. The molecule has 2 aromatic rings. The Hall–Kier alpha value is -0.731. The van der Waals surface area contributed by atoms with Gasteiger partial charge in [-0.3, -0.25) is 0 Å². The maximum absolute atomic E-state index is 5.92. The Labute approximate surface area is 132 Å². The molecule has 0 aliphatic heterocycles. The molecule has 0 radical (unpaired) electrons. The summed E-state index contributed by atoms with van der Waals surface area (Å²) >= 11 is 2.29. The van der Waals surface area contributed by atoms with Crippen molar-refractivity contribution >= 4 is 26.7 Å². The molecule has 0 saturated carbocycles. The zero-order valence-corrected chi connectivity index (χ0v) is 14.4. The van der Waals surface area contributed by atoms with Crippen molar-refractivity contribution in [3.8, 4) is 0 Å². The molecular weight excluding hydrogens is 331 g/mol. The number of benzene rings is 2. The van der Waals surface area contributed by atoms with Gasteiger partial charge in [0.1, 0.15) is 0 Å². The van der Waals surface area contributed by atoms with E-state index in [1.54, 1.807) is 11.8 Å². The van der Waals surface area contributed by atoms with Crippen molar-refractivity contribution < 1.29 is 4.74 Å². The van der Waals surface area contributed by atoms with E-state index in [4.69, 9.17) is 4.74 Å². The van der Waals surface area contributed by atoms with Gasteiger partial charge in [0.2, 0.25) is 0 Å². The summed E-state index contributed by atoms with van der Waals surface area (Å²) in [5, 5.41) is 1.14. The van der Waals surface area contributed by atoms with E-state index < -0.39 is 0 Å². The Bertz CT molecular complexity index is 498. The number of hydrogen-bond acceptors (Lipinski definition) is 2. The molecule has 1 atom stereocenters. The van der Waals surface area contributed by atoms with Crippen molar-refractivity contribution in [3.63, 3.8) is 0 Å². The van der Waals surface area contributed by atoms with E-state index in [1.165, 1.54) is 16.0 Å². The van der Waals surface area contributed by atoms with Gasteiger partial charge in [0.25, 0.3) is 0 Å². The SMILES string of the molecule is CSc1ccc(C[Se]COC(C)c2ccccc2)cc1. The quantitative estimate of drug-likeness (QED) is 0.417. The molecule has 0 bridgehead atoms. The number of rotatable bonds is 7. The molecule has 0 amide bonds. The Morgan fingerprint density at radius 2 is 1.75 bits per heavy atom. The van der Waals surface area contributed by atoms with Crippen LogP contribution >= 0.6 is 11.8 Å². The van der Waals surface area contributed by atoms with E-state index in [-0.39, 0.29) is 6.10 Å².